The number of nitrogens with zero attached hydrogens (tertiary/aromatic N) is 2. The maximum Gasteiger partial charge on any atom is 0.274 e. The van der Waals surface area contributed by atoms with Gasteiger partial charge in [0.15, 0.2) is 5.82 Å². The maximum absolute atomic E-state index is 13.8. The highest BCUT2D eigenvalue weighted by atomic mass is 79.9. The van der Waals surface area contributed by atoms with Crippen molar-refractivity contribution in [1.82, 2.24) is 15.5 Å². The van der Waals surface area contributed by atoms with E-state index in [4.69, 9.17) is 0 Å². The smallest absolute Gasteiger partial charge is 0.274 e. The third-order valence-corrected chi connectivity index (χ3v) is 5.66. The Morgan fingerprint density at radius 1 is 1.03 bits per heavy atom. The molecule has 2 heterocycles. The summed E-state index contributed by atoms with van der Waals surface area (Å²) < 4.78 is 14.1. The average molecular weight is 499 g/mol. The lowest BCUT2D eigenvalue weighted by molar-refractivity contribution is 0.101. The molecule has 3 aromatic rings. The van der Waals surface area contributed by atoms with E-state index in [1.165, 1.54) is 18.2 Å². The topological polar surface area (TPSA) is 111 Å². The molecule has 1 aromatic heterocycles. The molecule has 4 rings (SSSR count). The van der Waals surface area contributed by atoms with Gasteiger partial charge in [0.05, 0.1) is 22.4 Å². The van der Waals surface area contributed by atoms with E-state index in [2.05, 4.69) is 47.1 Å². The monoisotopic (exact) mass is 498 g/mol. The SMILES string of the molecule is O=C(Nc1n[nH]c(C(=O)Nc2ccc(CCC3=NCCN3)cc2)c1Br)c1ccccc1F. The van der Waals surface area contributed by atoms with Gasteiger partial charge in [-0.2, -0.15) is 5.10 Å². The molecule has 0 radical (unpaired) electrons. The van der Waals surface area contributed by atoms with Crippen LogP contribution in [0, 0.1) is 5.82 Å². The maximum atomic E-state index is 13.8. The summed E-state index contributed by atoms with van der Waals surface area (Å²) in [5.41, 5.74) is 1.77. The summed E-state index contributed by atoms with van der Waals surface area (Å²) in [7, 11) is 0. The second kappa shape index (κ2) is 9.73. The normalized spacial score (nSPS) is 12.8. The fourth-order valence-corrected chi connectivity index (χ4v) is 3.66. The number of benzene rings is 2. The van der Waals surface area contributed by atoms with Crippen molar-refractivity contribution >= 4 is 45.1 Å². The minimum Gasteiger partial charge on any atom is -0.372 e. The van der Waals surface area contributed by atoms with E-state index in [1.807, 2.05) is 24.3 Å². The van der Waals surface area contributed by atoms with Crippen LogP contribution in [0.5, 0.6) is 0 Å². The molecular formula is C22H20BrFN6O2. The van der Waals surface area contributed by atoms with Crippen LogP contribution in [0.1, 0.15) is 32.8 Å². The van der Waals surface area contributed by atoms with Crippen LogP contribution in [-0.2, 0) is 6.42 Å². The molecule has 0 fully saturated rings. The number of amides is 2. The summed E-state index contributed by atoms with van der Waals surface area (Å²) in [5, 5.41) is 15.1. The zero-order valence-electron chi connectivity index (χ0n) is 16.9. The summed E-state index contributed by atoms with van der Waals surface area (Å²) in [6.07, 6.45) is 1.71. The van der Waals surface area contributed by atoms with Gasteiger partial charge < -0.3 is 16.0 Å². The first-order chi connectivity index (χ1) is 15.5. The number of hydrogen-bond acceptors (Lipinski definition) is 5. The lowest BCUT2D eigenvalue weighted by Gasteiger charge is -2.07. The number of H-pyrrole nitrogens is 1. The molecule has 4 N–H and O–H groups in total. The lowest BCUT2D eigenvalue weighted by atomic mass is 10.1. The number of aliphatic imine (C=N–C) groups is 1. The molecule has 2 amide bonds. The predicted octanol–water partition coefficient (Wildman–Crippen LogP) is 3.75. The summed E-state index contributed by atoms with van der Waals surface area (Å²) in [6, 6.07) is 13.2. The second-order valence-corrected chi connectivity index (χ2v) is 7.89. The Morgan fingerprint density at radius 3 is 2.53 bits per heavy atom. The van der Waals surface area contributed by atoms with Crippen molar-refractivity contribution in [2.24, 2.45) is 4.99 Å². The largest absolute Gasteiger partial charge is 0.372 e. The summed E-state index contributed by atoms with van der Waals surface area (Å²) in [4.78, 5) is 29.3. The van der Waals surface area contributed by atoms with Crippen LogP contribution in [0.4, 0.5) is 15.9 Å². The molecule has 0 unspecified atom stereocenters. The number of carbonyl (C=O) groups excluding carboxylic acids is 2. The Morgan fingerprint density at radius 2 is 1.81 bits per heavy atom. The Balaban J connectivity index is 1.37. The van der Waals surface area contributed by atoms with E-state index in [-0.39, 0.29) is 21.5 Å². The molecule has 8 nitrogen and oxygen atoms in total. The second-order valence-electron chi connectivity index (χ2n) is 7.10. The van der Waals surface area contributed by atoms with Crippen molar-refractivity contribution < 1.29 is 14.0 Å². The van der Waals surface area contributed by atoms with Crippen molar-refractivity contribution in [3.8, 4) is 0 Å². The first kappa shape index (κ1) is 21.7. The van der Waals surface area contributed by atoms with Gasteiger partial charge in [0.25, 0.3) is 11.8 Å². The van der Waals surface area contributed by atoms with Gasteiger partial charge in [-0.3, -0.25) is 19.7 Å². The Bertz CT molecular complexity index is 1180. The first-order valence-electron chi connectivity index (χ1n) is 9.98. The van der Waals surface area contributed by atoms with E-state index in [0.29, 0.717) is 5.69 Å². The molecule has 0 aliphatic carbocycles. The third-order valence-electron chi connectivity index (χ3n) is 4.89. The molecule has 32 heavy (non-hydrogen) atoms. The van der Waals surface area contributed by atoms with Gasteiger partial charge in [0.1, 0.15) is 11.5 Å². The lowest BCUT2D eigenvalue weighted by Crippen LogP contribution is -2.18. The number of amidine groups is 1. The van der Waals surface area contributed by atoms with Gasteiger partial charge in [0, 0.05) is 18.7 Å². The molecule has 0 bridgehead atoms. The molecule has 0 spiro atoms. The minimum atomic E-state index is -0.670. The summed E-state index contributed by atoms with van der Waals surface area (Å²) >= 11 is 3.27. The first-order valence-corrected chi connectivity index (χ1v) is 10.8. The van der Waals surface area contributed by atoms with E-state index < -0.39 is 17.6 Å². The van der Waals surface area contributed by atoms with Crippen LogP contribution in [0.25, 0.3) is 0 Å². The number of anilines is 2. The van der Waals surface area contributed by atoms with E-state index >= 15 is 0 Å². The van der Waals surface area contributed by atoms with Gasteiger partial charge in [-0.1, -0.05) is 24.3 Å². The molecule has 1 aliphatic heterocycles. The highest BCUT2D eigenvalue weighted by molar-refractivity contribution is 9.10. The van der Waals surface area contributed by atoms with Crippen LogP contribution in [0.2, 0.25) is 0 Å². The number of halogens is 2. The number of aromatic amines is 1. The van der Waals surface area contributed by atoms with Gasteiger partial charge in [-0.15, -0.1) is 0 Å². The van der Waals surface area contributed by atoms with E-state index in [1.54, 1.807) is 6.07 Å². The molecule has 0 saturated heterocycles. The van der Waals surface area contributed by atoms with E-state index in [0.717, 1.165) is 37.3 Å². The Kier molecular flexibility index (Phi) is 6.60. The molecule has 0 saturated carbocycles. The molecule has 164 valence electrons. The summed E-state index contributed by atoms with van der Waals surface area (Å²) in [6.45, 7) is 1.73. The number of hydrogen-bond donors (Lipinski definition) is 4. The highest BCUT2D eigenvalue weighted by Crippen LogP contribution is 2.25. The van der Waals surface area contributed by atoms with Gasteiger partial charge in [0.2, 0.25) is 0 Å². The van der Waals surface area contributed by atoms with Crippen LogP contribution in [0.3, 0.4) is 0 Å². The zero-order valence-corrected chi connectivity index (χ0v) is 18.5. The molecule has 2 aromatic carbocycles. The van der Waals surface area contributed by atoms with Crippen molar-refractivity contribution in [3.05, 3.63) is 75.6 Å². The standard InChI is InChI=1S/C22H20BrFN6O2/c23-18-19(29-30-20(18)28-21(31)15-3-1-2-4-16(15)24)22(32)27-14-8-5-13(6-9-14)7-10-17-25-11-12-26-17/h1-6,8-9H,7,10-12H2,(H,25,26)(H,27,32)(H2,28,29,30,31). The van der Waals surface area contributed by atoms with Crippen molar-refractivity contribution in [3.63, 3.8) is 0 Å². The number of carbonyl (C=O) groups is 2. The number of nitrogens with one attached hydrogen (secondary N) is 4. The number of rotatable bonds is 7. The highest BCUT2D eigenvalue weighted by Gasteiger charge is 2.20. The van der Waals surface area contributed by atoms with Crippen LogP contribution >= 0.6 is 15.9 Å². The Labute approximate surface area is 191 Å². The van der Waals surface area contributed by atoms with Crippen LogP contribution in [-0.4, -0.2) is 40.9 Å². The molecule has 10 heteroatoms. The fourth-order valence-electron chi connectivity index (χ4n) is 3.21. The van der Waals surface area contributed by atoms with Gasteiger partial charge in [-0.25, -0.2) is 4.39 Å². The van der Waals surface area contributed by atoms with E-state index in [9.17, 15) is 14.0 Å². The molecule has 1 aliphatic rings. The third kappa shape index (κ3) is 5.02. The van der Waals surface area contributed by atoms with Gasteiger partial charge >= 0.3 is 0 Å². The van der Waals surface area contributed by atoms with Crippen LogP contribution in [0.15, 0.2) is 58.0 Å². The van der Waals surface area contributed by atoms with Crippen molar-refractivity contribution in [2.45, 2.75) is 12.8 Å². The van der Waals surface area contributed by atoms with Gasteiger partial charge in [-0.05, 0) is 52.2 Å². The predicted molar refractivity (Wildman–Crippen MR) is 124 cm³/mol. The quantitative estimate of drug-likeness (QED) is 0.397. The van der Waals surface area contributed by atoms with Crippen LogP contribution < -0.4 is 16.0 Å². The molecular weight excluding hydrogens is 479 g/mol. The summed E-state index contributed by atoms with van der Waals surface area (Å²) in [5.74, 6) is -0.637. The Hall–Kier alpha value is -3.53. The number of aryl methyl sites for hydroxylation is 1. The minimum absolute atomic E-state index is 0.0854. The fraction of sp³-hybridized carbons (Fsp3) is 0.182. The van der Waals surface area contributed by atoms with Crippen molar-refractivity contribution in [2.75, 3.05) is 23.7 Å². The average Bonchev–Trinajstić information content (AvgIpc) is 3.44. The number of aromatic nitrogens is 2. The van der Waals surface area contributed by atoms with Crippen molar-refractivity contribution in [1.29, 1.82) is 0 Å². The molecule has 0 atom stereocenters. The zero-order chi connectivity index (χ0) is 22.5.